The van der Waals surface area contributed by atoms with Gasteiger partial charge in [-0.05, 0) is 24.3 Å². The van der Waals surface area contributed by atoms with Crippen molar-refractivity contribution in [3.63, 3.8) is 0 Å². The monoisotopic (exact) mass is 286 g/mol. The minimum atomic E-state index is 0. The van der Waals surface area contributed by atoms with Crippen LogP contribution in [0.4, 0.5) is 0 Å². The van der Waals surface area contributed by atoms with Crippen LogP contribution in [0.15, 0.2) is 60.7 Å². The van der Waals surface area contributed by atoms with Crippen molar-refractivity contribution in [1.82, 2.24) is 0 Å². The zero-order valence-electron chi connectivity index (χ0n) is 8.08. The molecule has 2 aromatic carbocycles. The summed E-state index contributed by atoms with van der Waals surface area (Å²) in [6.07, 6.45) is 0. The first kappa shape index (κ1) is 13.7. The normalized spacial score (nSPS) is 8.00. The molecular weight excluding hydrogens is 272 g/mol. The molecule has 0 bridgehead atoms. The van der Waals surface area contributed by atoms with Crippen molar-refractivity contribution in [2.75, 3.05) is 0 Å². The van der Waals surface area contributed by atoms with E-state index in [9.17, 15) is 0 Å². The van der Waals surface area contributed by atoms with Crippen LogP contribution in [0.2, 0.25) is 0 Å². The Labute approximate surface area is 103 Å². The summed E-state index contributed by atoms with van der Waals surface area (Å²) in [5.41, 5.74) is 0. The van der Waals surface area contributed by atoms with Gasteiger partial charge in [-0.25, -0.2) is 0 Å². The van der Waals surface area contributed by atoms with Gasteiger partial charge in [-0.15, -0.1) is 0 Å². The van der Waals surface area contributed by atoms with Crippen molar-refractivity contribution < 1.29 is 31.3 Å². The molecule has 0 aliphatic carbocycles. The molecule has 0 radical (unpaired) electrons. The number of hydrogen-bond acceptors (Lipinski definition) is 2. The van der Waals surface area contributed by atoms with Crippen molar-refractivity contribution >= 4 is 0 Å². The summed E-state index contributed by atoms with van der Waals surface area (Å²) in [6.45, 7) is 0. The molecule has 0 aliphatic heterocycles. The molecule has 0 fully saturated rings. The first-order chi connectivity index (χ1) is 6.79. The van der Waals surface area contributed by atoms with Crippen molar-refractivity contribution in [3.05, 3.63) is 60.7 Å². The number of benzene rings is 2. The fraction of sp³-hybridized carbons (Fsp3) is 0. The van der Waals surface area contributed by atoms with E-state index in [0.717, 1.165) is 0 Å². The van der Waals surface area contributed by atoms with Crippen molar-refractivity contribution in [2.24, 2.45) is 0 Å². The number of hydrogen-bond donors (Lipinski definition) is 2. The fourth-order valence-electron chi connectivity index (χ4n) is 0.856. The Hall–Kier alpha value is -1.27. The van der Waals surface area contributed by atoms with Crippen LogP contribution in [0, 0.1) is 0 Å². The largest absolute Gasteiger partial charge is 0.508 e. The summed E-state index contributed by atoms with van der Waals surface area (Å²) in [6, 6.07) is 17.4. The van der Waals surface area contributed by atoms with E-state index in [1.54, 1.807) is 48.5 Å². The van der Waals surface area contributed by atoms with Crippen molar-refractivity contribution in [1.29, 1.82) is 0 Å². The SMILES string of the molecule is Oc1ccccc1.Oc1ccccc1.[Mo]. The predicted octanol–water partition coefficient (Wildman–Crippen LogP) is 2.78. The molecule has 0 heterocycles. The van der Waals surface area contributed by atoms with Crippen LogP contribution >= 0.6 is 0 Å². The predicted molar refractivity (Wildman–Crippen MR) is 56.2 cm³/mol. The summed E-state index contributed by atoms with van der Waals surface area (Å²) in [4.78, 5) is 0. The fourth-order valence-corrected chi connectivity index (χ4v) is 0.856. The molecular formula is C12H12MoO2. The van der Waals surface area contributed by atoms with Gasteiger partial charge < -0.3 is 10.2 Å². The van der Waals surface area contributed by atoms with Gasteiger partial charge in [-0.1, -0.05) is 36.4 Å². The van der Waals surface area contributed by atoms with E-state index in [4.69, 9.17) is 10.2 Å². The summed E-state index contributed by atoms with van der Waals surface area (Å²) in [7, 11) is 0. The average molecular weight is 284 g/mol. The first-order valence-corrected chi connectivity index (χ1v) is 4.27. The third kappa shape index (κ3) is 6.75. The van der Waals surface area contributed by atoms with Crippen LogP contribution in [0.5, 0.6) is 11.5 Å². The Morgan fingerprint density at radius 2 is 0.800 bits per heavy atom. The number of aromatic hydroxyl groups is 2. The van der Waals surface area contributed by atoms with Crippen LogP contribution in [-0.2, 0) is 21.1 Å². The maximum Gasteiger partial charge on any atom is 0.115 e. The maximum absolute atomic E-state index is 8.63. The van der Waals surface area contributed by atoms with Gasteiger partial charge in [0.25, 0.3) is 0 Å². The molecule has 0 saturated heterocycles. The van der Waals surface area contributed by atoms with E-state index in [1.165, 1.54) is 0 Å². The van der Waals surface area contributed by atoms with Gasteiger partial charge in [0.1, 0.15) is 11.5 Å². The number of phenolic OH excluding ortho intramolecular Hbond substituents is 2. The topological polar surface area (TPSA) is 40.5 Å². The molecule has 0 saturated carbocycles. The van der Waals surface area contributed by atoms with Gasteiger partial charge in [-0.3, -0.25) is 0 Å². The summed E-state index contributed by atoms with van der Waals surface area (Å²) in [5, 5.41) is 17.3. The molecule has 0 unspecified atom stereocenters. The Kier molecular flexibility index (Phi) is 7.39. The second-order valence-electron chi connectivity index (χ2n) is 2.67. The van der Waals surface area contributed by atoms with Gasteiger partial charge in [0.15, 0.2) is 0 Å². The van der Waals surface area contributed by atoms with E-state index in [0.29, 0.717) is 11.5 Å². The second-order valence-corrected chi connectivity index (χ2v) is 2.67. The van der Waals surface area contributed by atoms with Crippen molar-refractivity contribution in [2.45, 2.75) is 0 Å². The first-order valence-electron chi connectivity index (χ1n) is 4.27. The van der Waals surface area contributed by atoms with Gasteiger partial charge in [0.05, 0.1) is 0 Å². The molecule has 15 heavy (non-hydrogen) atoms. The Balaban J connectivity index is 0.000000245. The molecule has 0 aliphatic rings. The molecule has 2 N–H and O–H groups in total. The Morgan fingerprint density at radius 1 is 0.533 bits per heavy atom. The zero-order chi connectivity index (χ0) is 10.2. The van der Waals surface area contributed by atoms with E-state index in [-0.39, 0.29) is 21.1 Å². The van der Waals surface area contributed by atoms with Crippen LogP contribution in [-0.4, -0.2) is 10.2 Å². The summed E-state index contributed by atoms with van der Waals surface area (Å²) >= 11 is 0. The van der Waals surface area contributed by atoms with Crippen molar-refractivity contribution in [3.8, 4) is 11.5 Å². The average Bonchev–Trinajstić information content (AvgIpc) is 2.21. The Morgan fingerprint density at radius 3 is 0.933 bits per heavy atom. The molecule has 2 rings (SSSR count). The van der Waals surface area contributed by atoms with Crippen LogP contribution in [0.3, 0.4) is 0 Å². The smallest absolute Gasteiger partial charge is 0.115 e. The van der Waals surface area contributed by atoms with Crippen LogP contribution < -0.4 is 0 Å². The van der Waals surface area contributed by atoms with E-state index in [2.05, 4.69) is 0 Å². The maximum atomic E-state index is 8.63. The minimum Gasteiger partial charge on any atom is -0.508 e. The summed E-state index contributed by atoms with van der Waals surface area (Å²) in [5.74, 6) is 0.644. The standard InChI is InChI=1S/2C6H6O.Mo/c2*7-6-4-2-1-3-5-6;/h2*1-5,7H;. The molecule has 0 aromatic heterocycles. The third-order valence-corrected chi connectivity index (χ3v) is 1.51. The second kappa shape index (κ2) is 8.07. The molecule has 0 atom stereocenters. The molecule has 0 spiro atoms. The van der Waals surface area contributed by atoms with E-state index < -0.39 is 0 Å². The summed E-state index contributed by atoms with van der Waals surface area (Å²) < 4.78 is 0. The molecule has 2 nitrogen and oxygen atoms in total. The number of phenols is 2. The van der Waals surface area contributed by atoms with Gasteiger partial charge >= 0.3 is 0 Å². The molecule has 3 heteroatoms. The van der Waals surface area contributed by atoms with Gasteiger partial charge in [0, 0.05) is 21.1 Å². The van der Waals surface area contributed by atoms with E-state index in [1.807, 2.05) is 12.1 Å². The van der Waals surface area contributed by atoms with E-state index >= 15 is 0 Å². The molecule has 2 aromatic rings. The molecule has 78 valence electrons. The van der Waals surface area contributed by atoms with Gasteiger partial charge in [-0.2, -0.15) is 0 Å². The quantitative estimate of drug-likeness (QED) is 0.730. The van der Waals surface area contributed by atoms with Crippen LogP contribution in [0.25, 0.3) is 0 Å². The zero-order valence-corrected chi connectivity index (χ0v) is 10.1. The third-order valence-electron chi connectivity index (χ3n) is 1.51. The number of rotatable bonds is 0. The van der Waals surface area contributed by atoms with Crippen LogP contribution in [0.1, 0.15) is 0 Å². The minimum absolute atomic E-state index is 0. The van der Waals surface area contributed by atoms with Gasteiger partial charge in [0.2, 0.25) is 0 Å². The molecule has 0 amide bonds. The Bertz CT molecular complexity index is 311. The number of para-hydroxylation sites is 2.